The standard InChI is InChI=1S/C9H10BrN3/c1-3-13-9-5-7(10)6(2)4-8(9)11-12-13/h4-5H,3H2,1-2H3. The van der Waals surface area contributed by atoms with E-state index in [-0.39, 0.29) is 0 Å². The SMILES string of the molecule is CCn1nnc2cc(C)c(Br)cc21. The maximum atomic E-state index is 4.08. The molecule has 0 atom stereocenters. The monoisotopic (exact) mass is 239 g/mol. The van der Waals surface area contributed by atoms with E-state index in [2.05, 4.69) is 46.2 Å². The van der Waals surface area contributed by atoms with Crippen LogP contribution < -0.4 is 0 Å². The quantitative estimate of drug-likeness (QED) is 0.766. The largest absolute Gasteiger partial charge is 0.245 e. The number of hydrogen-bond acceptors (Lipinski definition) is 2. The number of aryl methyl sites for hydroxylation is 2. The summed E-state index contributed by atoms with van der Waals surface area (Å²) in [4.78, 5) is 0. The second kappa shape index (κ2) is 3.10. The molecular formula is C9H10BrN3. The van der Waals surface area contributed by atoms with Crippen LogP contribution in [0.15, 0.2) is 16.6 Å². The zero-order valence-corrected chi connectivity index (χ0v) is 9.17. The Kier molecular flexibility index (Phi) is 2.07. The van der Waals surface area contributed by atoms with Gasteiger partial charge in [-0.25, -0.2) is 4.68 Å². The Labute approximate surface area is 84.9 Å². The average Bonchev–Trinajstić information content (AvgIpc) is 2.48. The minimum Gasteiger partial charge on any atom is -0.245 e. The molecule has 0 aliphatic heterocycles. The van der Waals surface area contributed by atoms with Crippen LogP contribution in [0.2, 0.25) is 0 Å². The molecule has 0 amide bonds. The third kappa shape index (κ3) is 1.35. The Balaban J connectivity index is 2.77. The molecule has 1 aromatic carbocycles. The lowest BCUT2D eigenvalue weighted by molar-refractivity contribution is 0.646. The smallest absolute Gasteiger partial charge is 0.113 e. The summed E-state index contributed by atoms with van der Waals surface area (Å²) in [6.45, 7) is 4.96. The van der Waals surface area contributed by atoms with Gasteiger partial charge in [0.2, 0.25) is 0 Å². The molecule has 0 unspecified atom stereocenters. The lowest BCUT2D eigenvalue weighted by atomic mass is 10.2. The van der Waals surface area contributed by atoms with Gasteiger partial charge in [0.05, 0.1) is 5.52 Å². The van der Waals surface area contributed by atoms with Crippen LogP contribution >= 0.6 is 15.9 Å². The van der Waals surface area contributed by atoms with Crippen molar-refractivity contribution >= 4 is 27.0 Å². The lowest BCUT2D eigenvalue weighted by Crippen LogP contribution is -1.95. The molecule has 0 aliphatic rings. The van der Waals surface area contributed by atoms with Crippen LogP contribution in [0, 0.1) is 6.92 Å². The van der Waals surface area contributed by atoms with Crippen molar-refractivity contribution in [2.24, 2.45) is 0 Å². The fraction of sp³-hybridized carbons (Fsp3) is 0.333. The van der Waals surface area contributed by atoms with Crippen molar-refractivity contribution in [1.29, 1.82) is 0 Å². The van der Waals surface area contributed by atoms with Crippen molar-refractivity contribution in [1.82, 2.24) is 15.0 Å². The highest BCUT2D eigenvalue weighted by molar-refractivity contribution is 9.10. The second-order valence-corrected chi connectivity index (χ2v) is 3.85. The minimum absolute atomic E-state index is 0.853. The van der Waals surface area contributed by atoms with E-state index in [1.54, 1.807) is 0 Å². The predicted molar refractivity (Wildman–Crippen MR) is 55.6 cm³/mol. The molecule has 0 fully saturated rings. The maximum absolute atomic E-state index is 4.08. The van der Waals surface area contributed by atoms with Crippen LogP contribution in [0.4, 0.5) is 0 Å². The van der Waals surface area contributed by atoms with Crippen LogP contribution in [0.5, 0.6) is 0 Å². The van der Waals surface area contributed by atoms with Crippen LogP contribution in [0.3, 0.4) is 0 Å². The molecule has 4 heteroatoms. The number of nitrogens with zero attached hydrogens (tertiary/aromatic N) is 3. The van der Waals surface area contributed by atoms with Crippen LogP contribution in [-0.2, 0) is 6.54 Å². The third-order valence-electron chi connectivity index (χ3n) is 2.09. The summed E-state index contributed by atoms with van der Waals surface area (Å²) in [5, 5.41) is 8.13. The van der Waals surface area contributed by atoms with Crippen molar-refractivity contribution in [2.75, 3.05) is 0 Å². The van der Waals surface area contributed by atoms with Gasteiger partial charge in [0.15, 0.2) is 0 Å². The van der Waals surface area contributed by atoms with Gasteiger partial charge in [0.1, 0.15) is 5.52 Å². The number of rotatable bonds is 1. The van der Waals surface area contributed by atoms with Crippen molar-refractivity contribution in [3.63, 3.8) is 0 Å². The van der Waals surface area contributed by atoms with Gasteiger partial charge in [0.25, 0.3) is 0 Å². The Morgan fingerprint density at radius 2 is 2.23 bits per heavy atom. The minimum atomic E-state index is 0.853. The third-order valence-corrected chi connectivity index (χ3v) is 2.95. The Hall–Kier alpha value is -0.900. The van der Waals surface area contributed by atoms with Crippen LogP contribution in [0.25, 0.3) is 11.0 Å². The molecule has 0 N–H and O–H groups in total. The van der Waals surface area contributed by atoms with Gasteiger partial charge < -0.3 is 0 Å². The first-order chi connectivity index (χ1) is 6.22. The van der Waals surface area contributed by atoms with E-state index >= 15 is 0 Å². The van der Waals surface area contributed by atoms with E-state index < -0.39 is 0 Å². The molecule has 0 saturated carbocycles. The summed E-state index contributed by atoms with van der Waals surface area (Å²) in [7, 11) is 0. The summed E-state index contributed by atoms with van der Waals surface area (Å²) in [5.74, 6) is 0. The van der Waals surface area contributed by atoms with Gasteiger partial charge in [-0.2, -0.15) is 0 Å². The second-order valence-electron chi connectivity index (χ2n) is 3.00. The molecule has 1 heterocycles. The molecule has 3 nitrogen and oxygen atoms in total. The topological polar surface area (TPSA) is 30.7 Å². The molecule has 13 heavy (non-hydrogen) atoms. The van der Waals surface area contributed by atoms with E-state index in [9.17, 15) is 0 Å². The van der Waals surface area contributed by atoms with E-state index in [4.69, 9.17) is 0 Å². The average molecular weight is 240 g/mol. The molecule has 0 aliphatic carbocycles. The van der Waals surface area contributed by atoms with Gasteiger partial charge in [-0.3, -0.25) is 0 Å². The fourth-order valence-electron chi connectivity index (χ4n) is 1.33. The number of fused-ring (bicyclic) bond motifs is 1. The Bertz CT molecular complexity index is 447. The molecule has 2 aromatic rings. The van der Waals surface area contributed by atoms with E-state index in [0.29, 0.717) is 0 Å². The molecule has 0 bridgehead atoms. The van der Waals surface area contributed by atoms with Gasteiger partial charge in [-0.05, 0) is 31.5 Å². The van der Waals surface area contributed by atoms with Gasteiger partial charge in [0, 0.05) is 11.0 Å². The van der Waals surface area contributed by atoms with Crippen molar-refractivity contribution in [3.05, 3.63) is 22.2 Å². The van der Waals surface area contributed by atoms with Crippen molar-refractivity contribution in [2.45, 2.75) is 20.4 Å². The number of aromatic nitrogens is 3. The highest BCUT2D eigenvalue weighted by Gasteiger charge is 2.05. The van der Waals surface area contributed by atoms with Gasteiger partial charge in [-0.15, -0.1) is 5.10 Å². The van der Waals surface area contributed by atoms with Gasteiger partial charge in [-0.1, -0.05) is 21.1 Å². The summed E-state index contributed by atoms with van der Waals surface area (Å²) in [6, 6.07) is 4.10. The lowest BCUT2D eigenvalue weighted by Gasteiger charge is -1.99. The highest BCUT2D eigenvalue weighted by atomic mass is 79.9. The first-order valence-electron chi connectivity index (χ1n) is 4.21. The molecule has 68 valence electrons. The zero-order valence-electron chi connectivity index (χ0n) is 7.58. The molecular weight excluding hydrogens is 230 g/mol. The molecule has 0 radical (unpaired) electrons. The number of halogens is 1. The van der Waals surface area contributed by atoms with Crippen molar-refractivity contribution in [3.8, 4) is 0 Å². The van der Waals surface area contributed by atoms with Crippen LogP contribution in [0.1, 0.15) is 12.5 Å². The normalized spacial score (nSPS) is 11.0. The van der Waals surface area contributed by atoms with Gasteiger partial charge >= 0.3 is 0 Å². The van der Waals surface area contributed by atoms with E-state index in [1.165, 1.54) is 5.56 Å². The maximum Gasteiger partial charge on any atom is 0.113 e. The zero-order chi connectivity index (χ0) is 9.42. The molecule has 1 aromatic heterocycles. The van der Waals surface area contributed by atoms with E-state index in [1.807, 2.05) is 10.7 Å². The first-order valence-corrected chi connectivity index (χ1v) is 5.01. The number of hydrogen-bond donors (Lipinski definition) is 0. The summed E-state index contributed by atoms with van der Waals surface area (Å²) in [5.41, 5.74) is 3.23. The van der Waals surface area contributed by atoms with Crippen molar-refractivity contribution < 1.29 is 0 Å². The summed E-state index contributed by atoms with van der Waals surface area (Å²) in [6.07, 6.45) is 0. The Morgan fingerprint density at radius 1 is 1.46 bits per heavy atom. The molecule has 2 rings (SSSR count). The first kappa shape index (κ1) is 8.69. The highest BCUT2D eigenvalue weighted by Crippen LogP contribution is 2.22. The summed E-state index contributed by atoms with van der Waals surface area (Å²) < 4.78 is 3.00. The number of benzene rings is 1. The molecule has 0 saturated heterocycles. The molecule has 0 spiro atoms. The summed E-state index contributed by atoms with van der Waals surface area (Å²) >= 11 is 3.50. The Morgan fingerprint density at radius 3 is 2.92 bits per heavy atom. The van der Waals surface area contributed by atoms with Crippen LogP contribution in [-0.4, -0.2) is 15.0 Å². The predicted octanol–water partition coefficient (Wildman–Crippen LogP) is 2.52. The van der Waals surface area contributed by atoms with E-state index in [0.717, 1.165) is 22.1 Å². The fourth-order valence-corrected chi connectivity index (χ4v) is 1.66.